The largest absolute Gasteiger partial charge is 0.383 e. The minimum Gasteiger partial charge on any atom is -0.383 e. The summed E-state index contributed by atoms with van der Waals surface area (Å²) in [4.78, 5) is 26.4. The summed E-state index contributed by atoms with van der Waals surface area (Å²) >= 11 is 5.88. The van der Waals surface area contributed by atoms with Crippen molar-refractivity contribution < 1.29 is 14.3 Å². The zero-order valence-electron chi connectivity index (χ0n) is 13.6. The average molecular weight is 339 g/mol. The van der Waals surface area contributed by atoms with E-state index in [9.17, 15) is 9.59 Å². The maximum absolute atomic E-state index is 12.5. The van der Waals surface area contributed by atoms with Crippen LogP contribution < -0.4 is 5.32 Å². The Kier molecular flexibility index (Phi) is 6.02. The molecule has 126 valence electrons. The number of halogens is 1. The highest BCUT2D eigenvalue weighted by molar-refractivity contribution is 6.30. The normalized spacial score (nSPS) is 20.8. The number of nitrogens with one attached hydrogen (secondary N) is 1. The first-order valence-electron chi connectivity index (χ1n) is 7.79. The molecule has 1 heterocycles. The Balaban J connectivity index is 2.00. The molecule has 23 heavy (non-hydrogen) atoms. The molecular weight excluding hydrogens is 316 g/mol. The second-order valence-electron chi connectivity index (χ2n) is 5.94. The molecule has 1 aliphatic heterocycles. The Morgan fingerprint density at radius 1 is 1.39 bits per heavy atom. The molecule has 1 aromatic rings. The molecule has 1 aliphatic rings. The van der Waals surface area contributed by atoms with Gasteiger partial charge in [0.2, 0.25) is 11.8 Å². The first kappa shape index (κ1) is 17.8. The quantitative estimate of drug-likeness (QED) is 0.774. The molecule has 0 aromatic heterocycles. The molecule has 2 rings (SSSR count). The SMILES string of the molecule is COCCNC(=O)[C@@]1(C)CCC(=O)N1CCc1ccc(Cl)cc1. The topological polar surface area (TPSA) is 58.6 Å². The summed E-state index contributed by atoms with van der Waals surface area (Å²) in [5.74, 6) is -0.0835. The maximum atomic E-state index is 12.5. The van der Waals surface area contributed by atoms with E-state index in [-0.39, 0.29) is 11.8 Å². The fourth-order valence-corrected chi connectivity index (χ4v) is 2.98. The van der Waals surface area contributed by atoms with E-state index in [2.05, 4.69) is 5.32 Å². The van der Waals surface area contributed by atoms with Crippen LogP contribution in [0.3, 0.4) is 0 Å². The minimum atomic E-state index is -0.781. The standard InChI is InChI=1S/C17H23ClN2O3/c1-17(16(22)19-10-12-23-2)9-7-15(21)20(17)11-8-13-3-5-14(18)6-4-13/h3-6H,7-12H2,1-2H3,(H,19,22)/t17-/m1/s1. The number of rotatable bonds is 7. The van der Waals surface area contributed by atoms with Gasteiger partial charge in [0.05, 0.1) is 6.61 Å². The summed E-state index contributed by atoms with van der Waals surface area (Å²) in [6, 6.07) is 7.55. The average Bonchev–Trinajstić information content (AvgIpc) is 2.83. The molecule has 0 bridgehead atoms. The third-order valence-electron chi connectivity index (χ3n) is 4.34. The van der Waals surface area contributed by atoms with Crippen molar-refractivity contribution in [2.75, 3.05) is 26.8 Å². The number of methoxy groups -OCH3 is 1. The van der Waals surface area contributed by atoms with Gasteiger partial charge in [-0.3, -0.25) is 9.59 Å². The van der Waals surface area contributed by atoms with Crippen LogP contribution in [-0.4, -0.2) is 49.1 Å². The lowest BCUT2D eigenvalue weighted by Crippen LogP contribution is -2.55. The molecule has 6 heteroatoms. The van der Waals surface area contributed by atoms with Crippen LogP contribution in [0.4, 0.5) is 0 Å². The number of hydrogen-bond acceptors (Lipinski definition) is 3. The molecule has 0 unspecified atom stereocenters. The highest BCUT2D eigenvalue weighted by atomic mass is 35.5. The van der Waals surface area contributed by atoms with Crippen LogP contribution in [0.2, 0.25) is 5.02 Å². The van der Waals surface area contributed by atoms with Crippen molar-refractivity contribution in [2.24, 2.45) is 0 Å². The van der Waals surface area contributed by atoms with Crippen LogP contribution in [-0.2, 0) is 20.7 Å². The third-order valence-corrected chi connectivity index (χ3v) is 4.59. The zero-order chi connectivity index (χ0) is 16.9. The van der Waals surface area contributed by atoms with E-state index < -0.39 is 5.54 Å². The van der Waals surface area contributed by atoms with Gasteiger partial charge in [-0.15, -0.1) is 0 Å². The Morgan fingerprint density at radius 2 is 2.09 bits per heavy atom. The van der Waals surface area contributed by atoms with Crippen molar-refractivity contribution in [2.45, 2.75) is 31.7 Å². The molecule has 1 N–H and O–H groups in total. The number of benzene rings is 1. The fraction of sp³-hybridized carbons (Fsp3) is 0.529. The number of hydrogen-bond donors (Lipinski definition) is 1. The molecule has 0 spiro atoms. The van der Waals surface area contributed by atoms with Crippen molar-refractivity contribution in [3.63, 3.8) is 0 Å². The van der Waals surface area contributed by atoms with Gasteiger partial charge in [0.1, 0.15) is 5.54 Å². The molecule has 1 atom stereocenters. The van der Waals surface area contributed by atoms with E-state index in [0.29, 0.717) is 44.0 Å². The summed E-state index contributed by atoms with van der Waals surface area (Å²) in [6.07, 6.45) is 1.66. The molecule has 1 aromatic carbocycles. The van der Waals surface area contributed by atoms with Crippen molar-refractivity contribution in [1.29, 1.82) is 0 Å². The molecule has 5 nitrogen and oxygen atoms in total. The summed E-state index contributed by atoms with van der Waals surface area (Å²) in [7, 11) is 1.59. The van der Waals surface area contributed by atoms with Crippen LogP contribution in [0.5, 0.6) is 0 Å². The second-order valence-corrected chi connectivity index (χ2v) is 6.38. The third kappa shape index (κ3) is 4.24. The van der Waals surface area contributed by atoms with Crippen molar-refractivity contribution in [3.05, 3.63) is 34.9 Å². The fourth-order valence-electron chi connectivity index (χ4n) is 2.85. The first-order valence-corrected chi connectivity index (χ1v) is 8.17. The smallest absolute Gasteiger partial charge is 0.245 e. The Hall–Kier alpha value is -1.59. The Morgan fingerprint density at radius 3 is 2.74 bits per heavy atom. The van der Waals surface area contributed by atoms with Gasteiger partial charge >= 0.3 is 0 Å². The van der Waals surface area contributed by atoms with E-state index in [1.54, 1.807) is 12.0 Å². The number of carbonyl (C=O) groups excluding carboxylic acids is 2. The van der Waals surface area contributed by atoms with Gasteiger partial charge < -0.3 is 15.0 Å². The minimum absolute atomic E-state index is 0.0309. The Labute approximate surface area is 141 Å². The molecule has 1 saturated heterocycles. The van der Waals surface area contributed by atoms with Gasteiger partial charge in [-0.25, -0.2) is 0 Å². The van der Waals surface area contributed by atoms with E-state index in [4.69, 9.17) is 16.3 Å². The lowest BCUT2D eigenvalue weighted by molar-refractivity contribution is -0.140. The Bertz CT molecular complexity index is 561. The number of ether oxygens (including phenoxy) is 1. The van der Waals surface area contributed by atoms with Crippen LogP contribution >= 0.6 is 11.6 Å². The van der Waals surface area contributed by atoms with Crippen molar-refractivity contribution in [1.82, 2.24) is 10.2 Å². The maximum Gasteiger partial charge on any atom is 0.245 e. The lowest BCUT2D eigenvalue weighted by atomic mass is 9.97. The highest BCUT2D eigenvalue weighted by Gasteiger charge is 2.46. The van der Waals surface area contributed by atoms with E-state index in [0.717, 1.165) is 5.56 Å². The number of amides is 2. The summed E-state index contributed by atoms with van der Waals surface area (Å²) < 4.78 is 4.94. The van der Waals surface area contributed by atoms with Gasteiger partial charge in [0, 0.05) is 31.6 Å². The van der Waals surface area contributed by atoms with Crippen LogP contribution in [0.15, 0.2) is 24.3 Å². The van der Waals surface area contributed by atoms with E-state index in [1.165, 1.54) is 0 Å². The summed E-state index contributed by atoms with van der Waals surface area (Å²) in [5, 5.41) is 3.54. The summed E-state index contributed by atoms with van der Waals surface area (Å²) in [6.45, 7) is 3.27. The lowest BCUT2D eigenvalue weighted by Gasteiger charge is -2.34. The van der Waals surface area contributed by atoms with Crippen LogP contribution in [0, 0.1) is 0 Å². The van der Waals surface area contributed by atoms with Gasteiger partial charge in [0.15, 0.2) is 0 Å². The van der Waals surface area contributed by atoms with Gasteiger partial charge in [-0.2, -0.15) is 0 Å². The predicted octanol–water partition coefficient (Wildman–Crippen LogP) is 2.03. The van der Waals surface area contributed by atoms with Gasteiger partial charge in [-0.05, 0) is 37.5 Å². The van der Waals surface area contributed by atoms with E-state index in [1.807, 2.05) is 31.2 Å². The van der Waals surface area contributed by atoms with Crippen LogP contribution in [0.1, 0.15) is 25.3 Å². The van der Waals surface area contributed by atoms with Gasteiger partial charge in [0.25, 0.3) is 0 Å². The molecule has 2 amide bonds. The van der Waals surface area contributed by atoms with Crippen LogP contribution in [0.25, 0.3) is 0 Å². The van der Waals surface area contributed by atoms with Crippen molar-refractivity contribution in [3.8, 4) is 0 Å². The second kappa shape index (κ2) is 7.79. The molecule has 0 saturated carbocycles. The molecule has 1 fully saturated rings. The number of carbonyl (C=O) groups is 2. The van der Waals surface area contributed by atoms with E-state index >= 15 is 0 Å². The number of nitrogens with zero attached hydrogens (tertiary/aromatic N) is 1. The molecular formula is C17H23ClN2O3. The number of likely N-dealkylation sites (tertiary alicyclic amines) is 1. The molecule has 0 aliphatic carbocycles. The first-order chi connectivity index (χ1) is 11.0. The monoisotopic (exact) mass is 338 g/mol. The predicted molar refractivity (Wildman–Crippen MR) is 89.4 cm³/mol. The van der Waals surface area contributed by atoms with Gasteiger partial charge in [-0.1, -0.05) is 23.7 Å². The highest BCUT2D eigenvalue weighted by Crippen LogP contribution is 2.30. The molecule has 0 radical (unpaired) electrons. The van der Waals surface area contributed by atoms with Crippen molar-refractivity contribution >= 4 is 23.4 Å². The zero-order valence-corrected chi connectivity index (χ0v) is 14.4. The summed E-state index contributed by atoms with van der Waals surface area (Å²) in [5.41, 5.74) is 0.313.